The molecule has 128 valence electrons. The van der Waals surface area contributed by atoms with Crippen molar-refractivity contribution in [2.75, 3.05) is 6.54 Å². The van der Waals surface area contributed by atoms with Crippen LogP contribution in [0.15, 0.2) is 27.3 Å². The van der Waals surface area contributed by atoms with Crippen molar-refractivity contribution < 1.29 is 13.7 Å². The van der Waals surface area contributed by atoms with E-state index in [1.807, 2.05) is 0 Å². The Kier molecular flexibility index (Phi) is 4.36. The molecule has 2 aromatic heterocycles. The Morgan fingerprint density at radius 2 is 2.12 bits per heavy atom. The zero-order valence-corrected chi connectivity index (χ0v) is 13.8. The molecule has 2 aliphatic rings. The Morgan fingerprint density at radius 3 is 3.00 bits per heavy atom. The molecule has 1 aliphatic heterocycles. The predicted molar refractivity (Wildman–Crippen MR) is 87.0 cm³/mol. The summed E-state index contributed by atoms with van der Waals surface area (Å²) < 4.78 is 10.5. The number of rotatable bonds is 4. The van der Waals surface area contributed by atoms with E-state index >= 15 is 0 Å². The number of carbonyl (C=O) groups is 1. The van der Waals surface area contributed by atoms with E-state index in [2.05, 4.69) is 15.0 Å². The lowest BCUT2D eigenvalue weighted by Crippen LogP contribution is -2.49. The molecule has 0 spiro atoms. The van der Waals surface area contributed by atoms with Gasteiger partial charge in [0.05, 0.1) is 6.26 Å². The van der Waals surface area contributed by atoms with E-state index in [0.717, 1.165) is 13.0 Å². The van der Waals surface area contributed by atoms with Gasteiger partial charge in [0, 0.05) is 25.4 Å². The molecule has 0 bridgehead atoms. The molecule has 2 atom stereocenters. The van der Waals surface area contributed by atoms with Crippen LogP contribution in [0.2, 0.25) is 0 Å². The Balaban J connectivity index is 1.36. The molecule has 3 heterocycles. The van der Waals surface area contributed by atoms with Crippen LogP contribution in [0.4, 0.5) is 0 Å². The minimum absolute atomic E-state index is 0.226. The fourth-order valence-electron chi connectivity index (χ4n) is 4.15. The Labute approximate surface area is 141 Å². The molecule has 0 aromatic carbocycles. The molecule has 24 heavy (non-hydrogen) atoms. The summed E-state index contributed by atoms with van der Waals surface area (Å²) in [5.41, 5.74) is 0. The standard InChI is InChI=1S/C18H23N3O3/c22-17(21-11-3-6-13-5-1-2-7-14(13)21)10-9-16-19-18(20-24-16)15-8-4-12-23-15/h4,8,12-14H,1-3,5-7,9-11H2. The second-order valence-electron chi connectivity index (χ2n) is 6.83. The SMILES string of the molecule is O=C(CCc1nc(-c2ccco2)no1)N1CCCC2CCCCC21. The van der Waals surface area contributed by atoms with Crippen molar-refractivity contribution in [3.05, 3.63) is 24.3 Å². The average Bonchev–Trinajstić information content (AvgIpc) is 3.30. The van der Waals surface area contributed by atoms with Gasteiger partial charge in [-0.15, -0.1) is 0 Å². The lowest BCUT2D eigenvalue weighted by molar-refractivity contribution is -0.137. The lowest BCUT2D eigenvalue weighted by atomic mass is 9.78. The van der Waals surface area contributed by atoms with Crippen molar-refractivity contribution in [3.8, 4) is 11.6 Å². The van der Waals surface area contributed by atoms with Gasteiger partial charge >= 0.3 is 0 Å². The van der Waals surface area contributed by atoms with E-state index in [1.165, 1.54) is 32.1 Å². The molecule has 1 saturated heterocycles. The molecule has 1 aliphatic carbocycles. The van der Waals surface area contributed by atoms with Gasteiger partial charge in [-0.25, -0.2) is 0 Å². The monoisotopic (exact) mass is 329 g/mol. The first-order valence-electron chi connectivity index (χ1n) is 8.97. The van der Waals surface area contributed by atoms with Crippen molar-refractivity contribution in [2.24, 2.45) is 5.92 Å². The van der Waals surface area contributed by atoms with Crippen molar-refractivity contribution in [2.45, 2.75) is 57.4 Å². The molecule has 2 fully saturated rings. The molecule has 2 aromatic rings. The number of carbonyl (C=O) groups excluding carboxylic acids is 1. The summed E-state index contributed by atoms with van der Waals surface area (Å²) in [6, 6.07) is 4.03. The average molecular weight is 329 g/mol. The molecule has 2 unspecified atom stereocenters. The van der Waals surface area contributed by atoms with E-state index in [0.29, 0.717) is 42.3 Å². The Hall–Kier alpha value is -2.11. The third-order valence-electron chi connectivity index (χ3n) is 5.33. The molecule has 1 amide bonds. The van der Waals surface area contributed by atoms with Crippen molar-refractivity contribution in [1.29, 1.82) is 0 Å². The topological polar surface area (TPSA) is 72.4 Å². The van der Waals surface area contributed by atoms with Gasteiger partial charge in [-0.1, -0.05) is 18.0 Å². The van der Waals surface area contributed by atoms with Crippen LogP contribution in [0, 0.1) is 5.92 Å². The smallest absolute Gasteiger partial charge is 0.238 e. The predicted octanol–water partition coefficient (Wildman–Crippen LogP) is 3.44. The number of hydrogen-bond acceptors (Lipinski definition) is 5. The molecule has 6 heteroatoms. The zero-order valence-electron chi connectivity index (χ0n) is 13.8. The highest BCUT2D eigenvalue weighted by molar-refractivity contribution is 5.76. The summed E-state index contributed by atoms with van der Waals surface area (Å²) in [5, 5.41) is 3.91. The van der Waals surface area contributed by atoms with Gasteiger partial charge in [-0.3, -0.25) is 4.79 Å². The molecule has 6 nitrogen and oxygen atoms in total. The largest absolute Gasteiger partial charge is 0.461 e. The van der Waals surface area contributed by atoms with Crippen molar-refractivity contribution >= 4 is 5.91 Å². The number of aryl methyl sites for hydroxylation is 1. The third kappa shape index (κ3) is 3.09. The summed E-state index contributed by atoms with van der Waals surface area (Å²) in [4.78, 5) is 19.1. The highest BCUT2D eigenvalue weighted by Gasteiger charge is 2.35. The van der Waals surface area contributed by atoms with Crippen molar-refractivity contribution in [1.82, 2.24) is 15.0 Å². The minimum atomic E-state index is 0.226. The summed E-state index contributed by atoms with van der Waals surface area (Å²) in [5.74, 6) is 2.45. The van der Waals surface area contributed by atoms with Gasteiger partial charge in [0.25, 0.3) is 0 Å². The first-order chi connectivity index (χ1) is 11.8. The maximum absolute atomic E-state index is 12.7. The normalized spacial score (nSPS) is 23.9. The summed E-state index contributed by atoms with van der Waals surface area (Å²) in [6.45, 7) is 0.904. The van der Waals surface area contributed by atoms with Gasteiger partial charge in [-0.05, 0) is 43.7 Å². The van der Waals surface area contributed by atoms with Crippen LogP contribution < -0.4 is 0 Å². The van der Waals surface area contributed by atoms with Crippen LogP contribution in [0.5, 0.6) is 0 Å². The number of piperidine rings is 1. The molecule has 4 rings (SSSR count). The van der Waals surface area contributed by atoms with Crippen LogP contribution in [0.25, 0.3) is 11.6 Å². The van der Waals surface area contributed by atoms with Crippen LogP contribution in [-0.2, 0) is 11.2 Å². The van der Waals surface area contributed by atoms with Gasteiger partial charge in [0.2, 0.25) is 17.6 Å². The van der Waals surface area contributed by atoms with Crippen LogP contribution >= 0.6 is 0 Å². The highest BCUT2D eigenvalue weighted by atomic mass is 16.5. The molecule has 0 N–H and O–H groups in total. The van der Waals surface area contributed by atoms with E-state index in [9.17, 15) is 4.79 Å². The van der Waals surface area contributed by atoms with Crippen molar-refractivity contribution in [3.63, 3.8) is 0 Å². The van der Waals surface area contributed by atoms with E-state index in [-0.39, 0.29) is 5.91 Å². The highest BCUT2D eigenvalue weighted by Crippen LogP contribution is 2.35. The van der Waals surface area contributed by atoms with Crippen LogP contribution in [0.1, 0.15) is 50.8 Å². The molecular weight excluding hydrogens is 306 g/mol. The fourth-order valence-corrected chi connectivity index (χ4v) is 4.15. The maximum Gasteiger partial charge on any atom is 0.238 e. The fraction of sp³-hybridized carbons (Fsp3) is 0.611. The number of hydrogen-bond donors (Lipinski definition) is 0. The first-order valence-corrected chi connectivity index (χ1v) is 8.97. The van der Waals surface area contributed by atoms with Gasteiger partial charge < -0.3 is 13.8 Å². The summed E-state index contributed by atoms with van der Waals surface area (Å²) in [7, 11) is 0. The molecule has 0 radical (unpaired) electrons. The van der Waals surface area contributed by atoms with Gasteiger partial charge in [-0.2, -0.15) is 4.98 Å². The van der Waals surface area contributed by atoms with Gasteiger partial charge in [0.15, 0.2) is 5.76 Å². The quantitative estimate of drug-likeness (QED) is 0.859. The van der Waals surface area contributed by atoms with E-state index in [4.69, 9.17) is 8.94 Å². The van der Waals surface area contributed by atoms with Crippen LogP contribution in [0.3, 0.4) is 0 Å². The van der Waals surface area contributed by atoms with Gasteiger partial charge in [0.1, 0.15) is 0 Å². The number of likely N-dealkylation sites (tertiary alicyclic amines) is 1. The third-order valence-corrected chi connectivity index (χ3v) is 5.33. The number of fused-ring (bicyclic) bond motifs is 1. The van der Waals surface area contributed by atoms with Crippen LogP contribution in [-0.4, -0.2) is 33.5 Å². The lowest BCUT2D eigenvalue weighted by Gasteiger charge is -2.44. The molecule has 1 saturated carbocycles. The number of aromatic nitrogens is 2. The van der Waals surface area contributed by atoms with E-state index < -0.39 is 0 Å². The first kappa shape index (κ1) is 15.4. The minimum Gasteiger partial charge on any atom is -0.461 e. The second-order valence-corrected chi connectivity index (χ2v) is 6.83. The second kappa shape index (κ2) is 6.79. The number of nitrogens with zero attached hydrogens (tertiary/aromatic N) is 3. The Bertz CT molecular complexity index is 678. The van der Waals surface area contributed by atoms with E-state index in [1.54, 1.807) is 18.4 Å². The number of amides is 1. The zero-order chi connectivity index (χ0) is 16.4. The molecular formula is C18H23N3O3. The Morgan fingerprint density at radius 1 is 1.25 bits per heavy atom. The maximum atomic E-state index is 12.7. The summed E-state index contributed by atoms with van der Waals surface area (Å²) in [6.07, 6.45) is 9.93. The number of furan rings is 1. The summed E-state index contributed by atoms with van der Waals surface area (Å²) >= 11 is 0.